The van der Waals surface area contributed by atoms with Crippen molar-refractivity contribution in [1.29, 1.82) is 0 Å². The molecule has 1 aromatic rings. The summed E-state index contributed by atoms with van der Waals surface area (Å²) in [6, 6.07) is 5.18. The zero-order valence-corrected chi connectivity index (χ0v) is 8.77. The summed E-state index contributed by atoms with van der Waals surface area (Å²) >= 11 is 11.6. The number of hydrogen-bond donors (Lipinski definition) is 1. The number of ether oxygens (including phenoxy) is 1. The fourth-order valence-corrected chi connectivity index (χ4v) is 1.33. The Kier molecular flexibility index (Phi) is 4.00. The molecule has 0 aromatic heterocycles. The van der Waals surface area contributed by atoms with Gasteiger partial charge in [-0.25, -0.2) is 0 Å². The summed E-state index contributed by atoms with van der Waals surface area (Å²) in [7, 11) is 1.61. The Balaban J connectivity index is 2.84. The molecule has 0 amide bonds. The van der Waals surface area contributed by atoms with Gasteiger partial charge in [-0.05, 0) is 17.7 Å². The predicted molar refractivity (Wildman–Crippen MR) is 55.3 cm³/mol. The van der Waals surface area contributed by atoms with Gasteiger partial charge in [-0.15, -0.1) is 0 Å². The van der Waals surface area contributed by atoms with Gasteiger partial charge in [0.25, 0.3) is 0 Å². The first kappa shape index (κ1) is 10.8. The molecule has 0 aliphatic heterocycles. The molecule has 0 spiro atoms. The zero-order chi connectivity index (χ0) is 9.84. The molecule has 0 heterocycles. The third-order valence-corrected chi connectivity index (χ3v) is 2.46. The number of halogens is 2. The van der Waals surface area contributed by atoms with Gasteiger partial charge in [-0.2, -0.15) is 0 Å². The quantitative estimate of drug-likeness (QED) is 0.849. The maximum absolute atomic E-state index is 5.83. The molecule has 0 radical (unpaired) electrons. The summed E-state index contributed by atoms with van der Waals surface area (Å²) in [5, 5.41) is 1.06. The van der Waals surface area contributed by atoms with E-state index in [1.54, 1.807) is 19.2 Å². The van der Waals surface area contributed by atoms with Crippen molar-refractivity contribution in [3.63, 3.8) is 0 Å². The van der Waals surface area contributed by atoms with Crippen LogP contribution < -0.4 is 5.73 Å². The van der Waals surface area contributed by atoms with E-state index in [4.69, 9.17) is 33.7 Å². The van der Waals surface area contributed by atoms with E-state index in [-0.39, 0.29) is 6.04 Å². The van der Waals surface area contributed by atoms with Crippen molar-refractivity contribution >= 4 is 23.2 Å². The number of rotatable bonds is 3. The van der Waals surface area contributed by atoms with Crippen LogP contribution in [0, 0.1) is 0 Å². The summed E-state index contributed by atoms with van der Waals surface area (Å²) < 4.78 is 4.93. The maximum atomic E-state index is 5.83. The van der Waals surface area contributed by atoms with Gasteiger partial charge in [0.05, 0.1) is 22.7 Å². The lowest BCUT2D eigenvalue weighted by atomic mass is 10.1. The van der Waals surface area contributed by atoms with E-state index in [0.29, 0.717) is 16.7 Å². The van der Waals surface area contributed by atoms with E-state index in [9.17, 15) is 0 Å². The SMILES string of the molecule is COC[C@H](N)c1ccc(Cl)c(Cl)c1. The molecule has 2 nitrogen and oxygen atoms in total. The van der Waals surface area contributed by atoms with E-state index in [2.05, 4.69) is 0 Å². The first-order valence-corrected chi connectivity index (χ1v) is 4.60. The highest BCUT2D eigenvalue weighted by molar-refractivity contribution is 6.42. The fraction of sp³-hybridized carbons (Fsp3) is 0.333. The molecule has 0 aliphatic carbocycles. The molecule has 0 fully saturated rings. The van der Waals surface area contributed by atoms with Gasteiger partial charge < -0.3 is 10.5 Å². The van der Waals surface area contributed by atoms with Crippen molar-refractivity contribution in [3.05, 3.63) is 33.8 Å². The van der Waals surface area contributed by atoms with Crippen LogP contribution in [-0.4, -0.2) is 13.7 Å². The highest BCUT2D eigenvalue weighted by Gasteiger charge is 2.07. The molecule has 1 rings (SSSR count). The Hall–Kier alpha value is -0.280. The normalized spacial score (nSPS) is 12.9. The summed E-state index contributed by atoms with van der Waals surface area (Å²) in [4.78, 5) is 0. The van der Waals surface area contributed by atoms with E-state index >= 15 is 0 Å². The van der Waals surface area contributed by atoms with Gasteiger partial charge in [0.1, 0.15) is 0 Å². The van der Waals surface area contributed by atoms with Crippen LogP contribution in [0.3, 0.4) is 0 Å². The summed E-state index contributed by atoms with van der Waals surface area (Å²) in [5.74, 6) is 0. The summed E-state index contributed by atoms with van der Waals surface area (Å²) in [6.45, 7) is 0.470. The van der Waals surface area contributed by atoms with Crippen molar-refractivity contribution in [3.8, 4) is 0 Å². The monoisotopic (exact) mass is 219 g/mol. The molecule has 2 N–H and O–H groups in total. The van der Waals surface area contributed by atoms with E-state index in [0.717, 1.165) is 5.56 Å². The van der Waals surface area contributed by atoms with Crippen LogP contribution in [0.25, 0.3) is 0 Å². The number of methoxy groups -OCH3 is 1. The Labute approximate surface area is 87.6 Å². The van der Waals surface area contributed by atoms with Gasteiger partial charge >= 0.3 is 0 Å². The predicted octanol–water partition coefficient (Wildman–Crippen LogP) is 2.64. The lowest BCUT2D eigenvalue weighted by Gasteiger charge is -2.11. The molecule has 13 heavy (non-hydrogen) atoms. The van der Waals surface area contributed by atoms with Gasteiger partial charge in [0, 0.05) is 7.11 Å². The van der Waals surface area contributed by atoms with Gasteiger partial charge in [-0.1, -0.05) is 29.3 Å². The highest BCUT2D eigenvalue weighted by atomic mass is 35.5. The minimum atomic E-state index is -0.153. The van der Waals surface area contributed by atoms with Crippen molar-refractivity contribution in [2.24, 2.45) is 5.73 Å². The molecular weight excluding hydrogens is 209 g/mol. The van der Waals surface area contributed by atoms with E-state index in [1.165, 1.54) is 0 Å². The largest absolute Gasteiger partial charge is 0.383 e. The molecule has 0 bridgehead atoms. The first-order chi connectivity index (χ1) is 6.15. The average Bonchev–Trinajstić information content (AvgIpc) is 2.10. The van der Waals surface area contributed by atoms with Crippen molar-refractivity contribution in [2.45, 2.75) is 6.04 Å². The topological polar surface area (TPSA) is 35.2 Å². The molecule has 0 saturated heterocycles. The standard InChI is InChI=1S/C9H11Cl2NO/c1-13-5-9(12)6-2-3-7(10)8(11)4-6/h2-4,9H,5,12H2,1H3/t9-/m0/s1. The highest BCUT2D eigenvalue weighted by Crippen LogP contribution is 2.24. The van der Waals surface area contributed by atoms with Crippen LogP contribution in [0.5, 0.6) is 0 Å². The number of hydrogen-bond acceptors (Lipinski definition) is 2. The number of benzene rings is 1. The molecule has 72 valence electrons. The summed E-state index contributed by atoms with van der Waals surface area (Å²) in [6.07, 6.45) is 0. The third kappa shape index (κ3) is 2.85. The first-order valence-electron chi connectivity index (χ1n) is 3.84. The smallest absolute Gasteiger partial charge is 0.0655 e. The molecule has 0 aliphatic rings. The second kappa shape index (κ2) is 4.82. The third-order valence-electron chi connectivity index (χ3n) is 1.72. The Morgan fingerprint density at radius 1 is 1.38 bits per heavy atom. The Morgan fingerprint density at radius 2 is 2.08 bits per heavy atom. The van der Waals surface area contributed by atoms with Crippen molar-refractivity contribution < 1.29 is 4.74 Å². The molecule has 0 saturated carbocycles. The molecule has 4 heteroatoms. The molecule has 1 aromatic carbocycles. The Bertz CT molecular complexity index is 291. The molecule has 0 unspecified atom stereocenters. The van der Waals surface area contributed by atoms with Crippen LogP contribution in [-0.2, 0) is 4.74 Å². The Morgan fingerprint density at radius 3 is 2.62 bits per heavy atom. The zero-order valence-electron chi connectivity index (χ0n) is 7.26. The maximum Gasteiger partial charge on any atom is 0.0655 e. The van der Waals surface area contributed by atoms with Crippen LogP contribution in [0.4, 0.5) is 0 Å². The van der Waals surface area contributed by atoms with Gasteiger partial charge in [-0.3, -0.25) is 0 Å². The van der Waals surface area contributed by atoms with Crippen molar-refractivity contribution in [2.75, 3.05) is 13.7 Å². The lowest BCUT2D eigenvalue weighted by molar-refractivity contribution is 0.181. The van der Waals surface area contributed by atoms with E-state index in [1.807, 2.05) is 6.07 Å². The summed E-state index contributed by atoms with van der Waals surface area (Å²) in [5.41, 5.74) is 6.72. The lowest BCUT2D eigenvalue weighted by Crippen LogP contribution is -2.15. The van der Waals surface area contributed by atoms with Crippen LogP contribution in [0.1, 0.15) is 11.6 Å². The fourth-order valence-electron chi connectivity index (χ4n) is 1.02. The van der Waals surface area contributed by atoms with Crippen LogP contribution in [0.15, 0.2) is 18.2 Å². The van der Waals surface area contributed by atoms with Gasteiger partial charge in [0.2, 0.25) is 0 Å². The minimum Gasteiger partial charge on any atom is -0.383 e. The average molecular weight is 220 g/mol. The van der Waals surface area contributed by atoms with Crippen LogP contribution in [0.2, 0.25) is 10.0 Å². The molecular formula is C9H11Cl2NO. The van der Waals surface area contributed by atoms with Crippen molar-refractivity contribution in [1.82, 2.24) is 0 Å². The minimum absolute atomic E-state index is 0.153. The second-order valence-corrected chi connectivity index (χ2v) is 3.55. The molecule has 1 atom stereocenters. The second-order valence-electron chi connectivity index (χ2n) is 2.74. The number of nitrogens with two attached hydrogens (primary N) is 1. The van der Waals surface area contributed by atoms with Gasteiger partial charge in [0.15, 0.2) is 0 Å². The van der Waals surface area contributed by atoms with E-state index < -0.39 is 0 Å². The van der Waals surface area contributed by atoms with Crippen LogP contribution >= 0.6 is 23.2 Å².